The van der Waals surface area contributed by atoms with Crippen LogP contribution in [0.1, 0.15) is 26.7 Å². The molecule has 0 amide bonds. The summed E-state index contributed by atoms with van der Waals surface area (Å²) in [6.07, 6.45) is -1.51. The van der Waals surface area contributed by atoms with Crippen molar-refractivity contribution in [1.29, 1.82) is 0 Å². The second-order valence-corrected chi connectivity index (χ2v) is 3.19. The molecule has 0 aliphatic carbocycles. The van der Waals surface area contributed by atoms with Crippen LogP contribution in [0.4, 0.5) is 0 Å². The van der Waals surface area contributed by atoms with Gasteiger partial charge in [0.05, 0.1) is 0 Å². The molecule has 0 bridgehead atoms. The number of rotatable bonds is 5. The van der Waals surface area contributed by atoms with Gasteiger partial charge in [-0.3, -0.25) is 4.79 Å². The van der Waals surface area contributed by atoms with Crippen LogP contribution in [0.5, 0.6) is 0 Å². The van der Waals surface area contributed by atoms with Crippen molar-refractivity contribution in [3.63, 3.8) is 0 Å². The maximum absolute atomic E-state index is 10.9. The molecule has 0 fully saturated rings. The highest BCUT2D eigenvalue weighted by atomic mass is 16.4. The van der Waals surface area contributed by atoms with Crippen LogP contribution in [0.3, 0.4) is 0 Å². The second-order valence-electron chi connectivity index (χ2n) is 3.19. The fourth-order valence-electron chi connectivity index (χ4n) is 0.842. The first-order valence-corrected chi connectivity index (χ1v) is 3.86. The molecule has 2 N–H and O–H groups in total. The van der Waals surface area contributed by atoms with E-state index in [-0.39, 0.29) is 18.1 Å². The average Bonchev–Trinajstić information content (AvgIpc) is 1.84. The van der Waals surface area contributed by atoms with E-state index in [1.165, 1.54) is 0 Å². The summed E-state index contributed by atoms with van der Waals surface area (Å²) in [5, 5.41) is 17.1. The predicted molar refractivity (Wildman–Crippen MR) is 42.7 cm³/mol. The van der Waals surface area contributed by atoms with Gasteiger partial charge in [0.2, 0.25) is 0 Å². The predicted octanol–water partition coefficient (Wildman–Crippen LogP) is 0.437. The van der Waals surface area contributed by atoms with Crippen molar-refractivity contribution in [2.75, 3.05) is 0 Å². The lowest BCUT2D eigenvalue weighted by Crippen LogP contribution is -2.23. The molecule has 0 aliphatic heterocycles. The topological polar surface area (TPSA) is 74.6 Å². The van der Waals surface area contributed by atoms with E-state index in [1.807, 2.05) is 13.8 Å². The number of carbonyl (C=O) groups excluding carboxylic acids is 1. The maximum Gasteiger partial charge on any atom is 0.332 e. The summed E-state index contributed by atoms with van der Waals surface area (Å²) in [5.74, 6) is -1.34. The van der Waals surface area contributed by atoms with E-state index in [1.54, 1.807) is 0 Å². The van der Waals surface area contributed by atoms with E-state index in [4.69, 9.17) is 10.2 Å². The summed E-state index contributed by atoms with van der Waals surface area (Å²) >= 11 is 0. The third-order valence-corrected chi connectivity index (χ3v) is 1.34. The van der Waals surface area contributed by atoms with Crippen LogP contribution in [0.2, 0.25) is 0 Å². The van der Waals surface area contributed by atoms with Gasteiger partial charge in [-0.05, 0) is 5.92 Å². The van der Waals surface area contributed by atoms with E-state index in [2.05, 4.69) is 0 Å². The number of ketones is 1. The van der Waals surface area contributed by atoms with Crippen molar-refractivity contribution < 1.29 is 19.8 Å². The molecule has 0 aromatic carbocycles. The fraction of sp³-hybridized carbons (Fsp3) is 0.750. The standard InChI is InChI=1S/C8H14O4/c1-5(2)3-6(9)4-7(10)8(11)12/h5,7,10H,3-4H2,1-2H3,(H,11,12). The first-order chi connectivity index (χ1) is 5.43. The molecule has 1 atom stereocenters. The Kier molecular flexibility index (Phi) is 4.51. The molecule has 0 saturated heterocycles. The van der Waals surface area contributed by atoms with Gasteiger partial charge in [-0.2, -0.15) is 0 Å². The Hall–Kier alpha value is -0.900. The highest BCUT2D eigenvalue weighted by Crippen LogP contribution is 2.04. The van der Waals surface area contributed by atoms with Crippen LogP contribution in [0.25, 0.3) is 0 Å². The third kappa shape index (κ3) is 4.85. The molecular formula is C8H14O4. The van der Waals surface area contributed by atoms with Crippen LogP contribution < -0.4 is 0 Å². The molecule has 70 valence electrons. The maximum atomic E-state index is 10.9. The summed E-state index contributed by atoms with van der Waals surface area (Å²) in [6.45, 7) is 3.73. The molecule has 4 nitrogen and oxygen atoms in total. The summed E-state index contributed by atoms with van der Waals surface area (Å²) in [4.78, 5) is 21.1. The SMILES string of the molecule is CC(C)CC(=O)CC(O)C(=O)O. The van der Waals surface area contributed by atoms with Gasteiger partial charge in [0.25, 0.3) is 0 Å². The zero-order valence-corrected chi connectivity index (χ0v) is 7.28. The van der Waals surface area contributed by atoms with Gasteiger partial charge < -0.3 is 10.2 Å². The van der Waals surface area contributed by atoms with Crippen LogP contribution in [0, 0.1) is 5.92 Å². The van der Waals surface area contributed by atoms with E-state index in [0.29, 0.717) is 6.42 Å². The largest absolute Gasteiger partial charge is 0.479 e. The molecule has 0 aromatic rings. The zero-order chi connectivity index (χ0) is 9.72. The van der Waals surface area contributed by atoms with E-state index < -0.39 is 12.1 Å². The van der Waals surface area contributed by atoms with Gasteiger partial charge >= 0.3 is 5.97 Å². The second kappa shape index (κ2) is 4.87. The Morgan fingerprint density at radius 2 is 1.75 bits per heavy atom. The summed E-state index contributed by atoms with van der Waals surface area (Å²) in [6, 6.07) is 0. The Balaban J connectivity index is 3.77. The molecule has 0 aromatic heterocycles. The quantitative estimate of drug-likeness (QED) is 0.634. The van der Waals surface area contributed by atoms with Crippen LogP contribution in [-0.2, 0) is 9.59 Å². The fourth-order valence-corrected chi connectivity index (χ4v) is 0.842. The highest BCUT2D eigenvalue weighted by molar-refractivity contribution is 5.84. The normalized spacial score (nSPS) is 13.0. The number of hydrogen-bond acceptors (Lipinski definition) is 3. The molecule has 0 saturated carbocycles. The van der Waals surface area contributed by atoms with Gasteiger partial charge in [0, 0.05) is 12.8 Å². The number of Topliss-reactive ketones (excluding diaryl/α,β-unsaturated/α-hetero) is 1. The first-order valence-electron chi connectivity index (χ1n) is 3.86. The van der Waals surface area contributed by atoms with Gasteiger partial charge in [-0.15, -0.1) is 0 Å². The molecule has 4 heteroatoms. The number of aliphatic hydroxyl groups is 1. The number of carbonyl (C=O) groups is 2. The lowest BCUT2D eigenvalue weighted by Gasteiger charge is -2.05. The van der Waals surface area contributed by atoms with Crippen molar-refractivity contribution >= 4 is 11.8 Å². The number of hydrogen-bond donors (Lipinski definition) is 2. The van der Waals surface area contributed by atoms with Crippen molar-refractivity contribution in [1.82, 2.24) is 0 Å². The molecule has 0 rings (SSSR count). The van der Waals surface area contributed by atoms with E-state index >= 15 is 0 Å². The Morgan fingerprint density at radius 3 is 2.08 bits per heavy atom. The van der Waals surface area contributed by atoms with E-state index in [9.17, 15) is 9.59 Å². The molecule has 0 radical (unpaired) electrons. The molecule has 0 aliphatic rings. The summed E-state index contributed by atoms with van der Waals surface area (Å²) in [5.41, 5.74) is 0. The van der Waals surface area contributed by atoms with Crippen LogP contribution in [0.15, 0.2) is 0 Å². The van der Waals surface area contributed by atoms with Crippen molar-refractivity contribution in [3.05, 3.63) is 0 Å². The van der Waals surface area contributed by atoms with Crippen molar-refractivity contribution in [3.8, 4) is 0 Å². The summed E-state index contributed by atoms with van der Waals surface area (Å²) < 4.78 is 0. The highest BCUT2D eigenvalue weighted by Gasteiger charge is 2.17. The number of carboxylic acids is 1. The number of carboxylic acid groups (broad SMARTS) is 1. The minimum atomic E-state index is -1.55. The number of aliphatic hydroxyl groups excluding tert-OH is 1. The van der Waals surface area contributed by atoms with Crippen molar-refractivity contribution in [2.24, 2.45) is 5.92 Å². The first kappa shape index (κ1) is 11.1. The Morgan fingerprint density at radius 1 is 1.25 bits per heavy atom. The lowest BCUT2D eigenvalue weighted by atomic mass is 10.0. The molecule has 0 heterocycles. The van der Waals surface area contributed by atoms with Gasteiger partial charge in [-0.1, -0.05) is 13.8 Å². The van der Waals surface area contributed by atoms with Gasteiger partial charge in [-0.25, -0.2) is 4.79 Å². The molecular weight excluding hydrogens is 160 g/mol. The smallest absolute Gasteiger partial charge is 0.332 e. The van der Waals surface area contributed by atoms with Crippen LogP contribution >= 0.6 is 0 Å². The lowest BCUT2D eigenvalue weighted by molar-refractivity contribution is -0.148. The monoisotopic (exact) mass is 174 g/mol. The molecule has 12 heavy (non-hydrogen) atoms. The third-order valence-electron chi connectivity index (χ3n) is 1.34. The zero-order valence-electron chi connectivity index (χ0n) is 7.28. The van der Waals surface area contributed by atoms with Crippen LogP contribution in [-0.4, -0.2) is 28.1 Å². The van der Waals surface area contributed by atoms with E-state index in [0.717, 1.165) is 0 Å². The molecule has 0 spiro atoms. The van der Waals surface area contributed by atoms with Gasteiger partial charge in [0.15, 0.2) is 6.10 Å². The summed E-state index contributed by atoms with van der Waals surface area (Å²) in [7, 11) is 0. The Bertz CT molecular complexity index is 174. The minimum Gasteiger partial charge on any atom is -0.479 e. The Labute approximate surface area is 71.2 Å². The average molecular weight is 174 g/mol. The van der Waals surface area contributed by atoms with Crippen molar-refractivity contribution in [2.45, 2.75) is 32.8 Å². The van der Waals surface area contributed by atoms with Gasteiger partial charge in [0.1, 0.15) is 5.78 Å². The minimum absolute atomic E-state index is 0.207. The number of aliphatic carboxylic acids is 1. The molecule has 1 unspecified atom stereocenters.